The van der Waals surface area contributed by atoms with E-state index >= 15 is 0 Å². The van der Waals surface area contributed by atoms with E-state index in [1.807, 2.05) is 18.2 Å². The molecule has 0 aromatic heterocycles. The molecule has 0 bridgehead atoms. The van der Waals surface area contributed by atoms with Crippen molar-refractivity contribution in [1.82, 2.24) is 5.32 Å². The highest BCUT2D eigenvalue weighted by atomic mass is 35.5. The summed E-state index contributed by atoms with van der Waals surface area (Å²) in [5.41, 5.74) is 1.64. The van der Waals surface area contributed by atoms with Gasteiger partial charge in [-0.3, -0.25) is 14.9 Å². The summed E-state index contributed by atoms with van der Waals surface area (Å²) < 4.78 is 5.69. The van der Waals surface area contributed by atoms with Crippen molar-refractivity contribution in [1.29, 1.82) is 0 Å². The molecule has 1 aliphatic rings. The minimum Gasteiger partial charge on any atom is -0.489 e. The van der Waals surface area contributed by atoms with Crippen LogP contribution in [0.1, 0.15) is 11.1 Å². The number of hydrogen-bond acceptors (Lipinski definition) is 4. The van der Waals surface area contributed by atoms with E-state index in [2.05, 4.69) is 5.32 Å². The maximum absolute atomic E-state index is 11.5. The molecule has 0 radical (unpaired) electrons. The van der Waals surface area contributed by atoms with Crippen LogP contribution in [0.4, 0.5) is 4.79 Å². The molecule has 7 heteroatoms. The van der Waals surface area contributed by atoms with Crippen molar-refractivity contribution in [3.8, 4) is 5.75 Å². The van der Waals surface area contributed by atoms with Crippen LogP contribution in [0.15, 0.2) is 47.4 Å². The normalized spacial score (nSPS) is 15.7. The molecule has 2 aromatic rings. The molecule has 1 aliphatic heterocycles. The standard InChI is InChI=1S/C17H11Cl2NO3S/c18-12-4-3-11(14(19)8-12)9-23-13-5-1-10(2-6-13)7-15-16(21)20-17(22)24-15/h1-8H,9H2,(H,20,21,22). The summed E-state index contributed by atoms with van der Waals surface area (Å²) in [7, 11) is 0. The van der Waals surface area contributed by atoms with Crippen LogP contribution in [0.25, 0.3) is 6.08 Å². The molecule has 1 heterocycles. The number of benzene rings is 2. The van der Waals surface area contributed by atoms with Gasteiger partial charge in [-0.1, -0.05) is 41.4 Å². The third-order valence-electron chi connectivity index (χ3n) is 3.23. The van der Waals surface area contributed by atoms with Gasteiger partial charge in [0.2, 0.25) is 0 Å². The second kappa shape index (κ2) is 7.30. The zero-order chi connectivity index (χ0) is 17.1. The van der Waals surface area contributed by atoms with Gasteiger partial charge in [-0.15, -0.1) is 0 Å². The highest BCUT2D eigenvalue weighted by Gasteiger charge is 2.24. The molecule has 0 spiro atoms. The van der Waals surface area contributed by atoms with Crippen LogP contribution in [0, 0.1) is 0 Å². The van der Waals surface area contributed by atoms with Gasteiger partial charge in [0.05, 0.1) is 4.91 Å². The molecule has 0 atom stereocenters. The summed E-state index contributed by atoms with van der Waals surface area (Å²) in [6, 6.07) is 12.4. The minimum absolute atomic E-state index is 0.323. The van der Waals surface area contributed by atoms with Crippen LogP contribution in [0.2, 0.25) is 10.0 Å². The second-order valence-electron chi connectivity index (χ2n) is 4.95. The predicted octanol–water partition coefficient (Wildman–Crippen LogP) is 4.90. The number of ether oxygens (including phenoxy) is 1. The van der Waals surface area contributed by atoms with E-state index in [-0.39, 0.29) is 11.1 Å². The van der Waals surface area contributed by atoms with Crippen molar-refractivity contribution in [2.45, 2.75) is 6.61 Å². The van der Waals surface area contributed by atoms with E-state index in [9.17, 15) is 9.59 Å². The van der Waals surface area contributed by atoms with Gasteiger partial charge in [-0.2, -0.15) is 0 Å². The molecule has 2 aromatic carbocycles. The van der Waals surface area contributed by atoms with E-state index in [0.29, 0.717) is 27.3 Å². The summed E-state index contributed by atoms with van der Waals surface area (Å²) >= 11 is 12.8. The topological polar surface area (TPSA) is 55.4 Å². The Hall–Kier alpha value is -1.95. The molecule has 4 nitrogen and oxygen atoms in total. The Kier molecular flexibility index (Phi) is 5.14. The third kappa shape index (κ3) is 4.12. The Morgan fingerprint density at radius 3 is 2.46 bits per heavy atom. The van der Waals surface area contributed by atoms with Crippen molar-refractivity contribution < 1.29 is 14.3 Å². The summed E-state index contributed by atoms with van der Waals surface area (Å²) in [6.07, 6.45) is 1.66. The highest BCUT2D eigenvalue weighted by Crippen LogP contribution is 2.27. The molecule has 2 amide bonds. The predicted molar refractivity (Wildman–Crippen MR) is 96.3 cm³/mol. The number of imide groups is 1. The first-order valence-corrected chi connectivity index (χ1v) is 8.50. The van der Waals surface area contributed by atoms with Crippen LogP contribution >= 0.6 is 35.0 Å². The fourth-order valence-corrected chi connectivity index (χ4v) is 3.18. The zero-order valence-electron chi connectivity index (χ0n) is 12.2. The Balaban J connectivity index is 1.65. The smallest absolute Gasteiger partial charge is 0.290 e. The number of hydrogen-bond donors (Lipinski definition) is 1. The van der Waals surface area contributed by atoms with Crippen molar-refractivity contribution in [3.63, 3.8) is 0 Å². The molecule has 0 unspecified atom stereocenters. The van der Waals surface area contributed by atoms with Crippen LogP contribution < -0.4 is 10.1 Å². The quantitative estimate of drug-likeness (QED) is 0.767. The summed E-state index contributed by atoms with van der Waals surface area (Å²) in [5.74, 6) is 0.297. The van der Waals surface area contributed by atoms with E-state index in [1.165, 1.54) is 0 Å². The lowest BCUT2D eigenvalue weighted by Crippen LogP contribution is -2.17. The average Bonchev–Trinajstić information content (AvgIpc) is 2.85. The summed E-state index contributed by atoms with van der Waals surface area (Å²) in [6.45, 7) is 0.323. The Labute approximate surface area is 152 Å². The van der Waals surface area contributed by atoms with Crippen molar-refractivity contribution in [2.24, 2.45) is 0 Å². The zero-order valence-corrected chi connectivity index (χ0v) is 14.5. The number of amides is 2. The van der Waals surface area contributed by atoms with Gasteiger partial charge in [0.15, 0.2) is 0 Å². The van der Waals surface area contributed by atoms with Gasteiger partial charge in [0.25, 0.3) is 11.1 Å². The van der Waals surface area contributed by atoms with Gasteiger partial charge < -0.3 is 4.74 Å². The largest absolute Gasteiger partial charge is 0.489 e. The molecular formula is C17H11Cl2NO3S. The van der Waals surface area contributed by atoms with Crippen molar-refractivity contribution >= 4 is 52.2 Å². The fraction of sp³-hybridized carbons (Fsp3) is 0.0588. The molecule has 122 valence electrons. The maximum atomic E-state index is 11.5. The van der Waals surface area contributed by atoms with E-state index < -0.39 is 0 Å². The van der Waals surface area contributed by atoms with Crippen molar-refractivity contribution in [3.05, 3.63) is 68.5 Å². The van der Waals surface area contributed by atoms with E-state index in [4.69, 9.17) is 27.9 Å². The fourth-order valence-electron chi connectivity index (χ4n) is 2.03. The molecule has 1 saturated heterocycles. The van der Waals surface area contributed by atoms with Crippen molar-refractivity contribution in [2.75, 3.05) is 0 Å². The Morgan fingerprint density at radius 2 is 1.83 bits per heavy atom. The lowest BCUT2D eigenvalue weighted by atomic mass is 10.2. The summed E-state index contributed by atoms with van der Waals surface area (Å²) in [5, 5.41) is 2.99. The first-order valence-electron chi connectivity index (χ1n) is 6.93. The lowest BCUT2D eigenvalue weighted by molar-refractivity contribution is -0.115. The third-order valence-corrected chi connectivity index (χ3v) is 4.63. The van der Waals surface area contributed by atoms with Crippen LogP contribution in [0.3, 0.4) is 0 Å². The van der Waals surface area contributed by atoms with Crippen LogP contribution in [-0.4, -0.2) is 11.1 Å². The molecule has 3 rings (SSSR count). The van der Waals surface area contributed by atoms with Gasteiger partial charge in [-0.25, -0.2) is 0 Å². The average molecular weight is 380 g/mol. The first-order chi connectivity index (χ1) is 11.5. The highest BCUT2D eigenvalue weighted by molar-refractivity contribution is 8.18. The molecule has 0 aliphatic carbocycles. The first kappa shape index (κ1) is 16.9. The molecule has 1 N–H and O–H groups in total. The molecule has 0 saturated carbocycles. The van der Waals surface area contributed by atoms with E-state index in [1.54, 1.807) is 30.3 Å². The van der Waals surface area contributed by atoms with E-state index in [0.717, 1.165) is 22.9 Å². The Bertz CT molecular complexity index is 834. The number of thioether (sulfide) groups is 1. The Morgan fingerprint density at radius 1 is 1.08 bits per heavy atom. The second-order valence-corrected chi connectivity index (χ2v) is 6.80. The number of carbonyl (C=O) groups excluding carboxylic acids is 2. The number of halogens is 2. The monoisotopic (exact) mass is 379 g/mol. The summed E-state index contributed by atoms with van der Waals surface area (Å²) in [4.78, 5) is 23.0. The van der Waals surface area contributed by atoms with Gasteiger partial charge in [0, 0.05) is 15.6 Å². The molecule has 24 heavy (non-hydrogen) atoms. The molecule has 1 fully saturated rings. The number of carbonyl (C=O) groups is 2. The van der Waals surface area contributed by atoms with Crippen LogP contribution in [0.5, 0.6) is 5.75 Å². The lowest BCUT2D eigenvalue weighted by Gasteiger charge is -2.08. The van der Waals surface area contributed by atoms with Crippen LogP contribution in [-0.2, 0) is 11.4 Å². The molecular weight excluding hydrogens is 369 g/mol. The number of rotatable bonds is 4. The van der Waals surface area contributed by atoms with Gasteiger partial charge in [-0.05, 0) is 47.7 Å². The maximum Gasteiger partial charge on any atom is 0.290 e. The number of nitrogens with one attached hydrogen (secondary N) is 1. The SMILES string of the molecule is O=C1NC(=O)C(=Cc2ccc(OCc3ccc(Cl)cc3Cl)cc2)S1. The van der Waals surface area contributed by atoms with Gasteiger partial charge in [0.1, 0.15) is 12.4 Å². The minimum atomic E-state index is -0.372. The van der Waals surface area contributed by atoms with Gasteiger partial charge >= 0.3 is 0 Å².